The maximum atomic E-state index is 12.0. The summed E-state index contributed by atoms with van der Waals surface area (Å²) in [5.41, 5.74) is 1.64. The van der Waals surface area contributed by atoms with Gasteiger partial charge < -0.3 is 16.0 Å². The first-order valence-corrected chi connectivity index (χ1v) is 7.97. The predicted octanol–water partition coefficient (Wildman–Crippen LogP) is 2.55. The summed E-state index contributed by atoms with van der Waals surface area (Å²) in [4.78, 5) is 16.1. The van der Waals surface area contributed by atoms with Crippen LogP contribution in [0.25, 0.3) is 0 Å². The van der Waals surface area contributed by atoms with Gasteiger partial charge in [0.05, 0.1) is 0 Å². The fourth-order valence-corrected chi connectivity index (χ4v) is 2.21. The van der Waals surface area contributed by atoms with Crippen molar-refractivity contribution >= 4 is 29.2 Å². The molecule has 120 valence electrons. The van der Waals surface area contributed by atoms with E-state index in [4.69, 9.17) is 11.6 Å². The summed E-state index contributed by atoms with van der Waals surface area (Å²) in [6.45, 7) is 3.38. The topological polar surface area (TPSA) is 65.5 Å². The molecule has 1 aromatic rings. The summed E-state index contributed by atoms with van der Waals surface area (Å²) in [5, 5.41) is 9.94. The first kappa shape index (κ1) is 16.6. The SMILES string of the molecule is CN=C(NCCC(=O)Nc1cccc(Cl)c1C)NCC1CC1. The van der Waals surface area contributed by atoms with E-state index in [0.29, 0.717) is 18.0 Å². The minimum atomic E-state index is -0.0458. The van der Waals surface area contributed by atoms with Gasteiger partial charge in [-0.2, -0.15) is 0 Å². The summed E-state index contributed by atoms with van der Waals surface area (Å²) >= 11 is 6.04. The molecule has 2 rings (SSSR count). The molecule has 1 aliphatic rings. The Morgan fingerprint density at radius 1 is 1.36 bits per heavy atom. The van der Waals surface area contributed by atoms with Gasteiger partial charge >= 0.3 is 0 Å². The standard InChI is InChI=1S/C16H23ClN4O/c1-11-13(17)4-3-5-14(11)21-15(22)8-9-19-16(18-2)20-10-12-6-7-12/h3-5,12H,6-10H2,1-2H3,(H,21,22)(H2,18,19,20). The zero-order valence-electron chi connectivity index (χ0n) is 13.1. The van der Waals surface area contributed by atoms with Crippen molar-refractivity contribution < 1.29 is 4.79 Å². The van der Waals surface area contributed by atoms with Crippen LogP contribution in [0.3, 0.4) is 0 Å². The number of anilines is 1. The first-order valence-electron chi connectivity index (χ1n) is 7.59. The van der Waals surface area contributed by atoms with Crippen LogP contribution >= 0.6 is 11.6 Å². The van der Waals surface area contributed by atoms with E-state index in [0.717, 1.165) is 29.7 Å². The molecule has 1 saturated carbocycles. The van der Waals surface area contributed by atoms with Crippen molar-refractivity contribution in [2.75, 3.05) is 25.5 Å². The number of rotatable bonds is 6. The second kappa shape index (κ2) is 8.03. The molecule has 22 heavy (non-hydrogen) atoms. The van der Waals surface area contributed by atoms with Crippen molar-refractivity contribution in [1.29, 1.82) is 0 Å². The Labute approximate surface area is 136 Å². The molecular weight excluding hydrogens is 300 g/mol. The number of benzene rings is 1. The molecular formula is C16H23ClN4O. The highest BCUT2D eigenvalue weighted by atomic mass is 35.5. The fraction of sp³-hybridized carbons (Fsp3) is 0.500. The third-order valence-electron chi connectivity index (χ3n) is 3.67. The molecule has 0 radical (unpaired) electrons. The molecule has 0 bridgehead atoms. The molecule has 0 atom stereocenters. The van der Waals surface area contributed by atoms with Crippen molar-refractivity contribution in [3.8, 4) is 0 Å². The highest BCUT2D eigenvalue weighted by Crippen LogP contribution is 2.27. The highest BCUT2D eigenvalue weighted by Gasteiger charge is 2.21. The number of nitrogens with one attached hydrogen (secondary N) is 3. The number of amides is 1. The Bertz CT molecular complexity index is 555. The lowest BCUT2D eigenvalue weighted by molar-refractivity contribution is -0.116. The molecule has 1 aromatic carbocycles. The van der Waals surface area contributed by atoms with Crippen molar-refractivity contribution in [3.05, 3.63) is 28.8 Å². The van der Waals surface area contributed by atoms with Crippen LogP contribution in [0.1, 0.15) is 24.8 Å². The number of halogens is 1. The molecule has 0 saturated heterocycles. The number of carbonyl (C=O) groups is 1. The molecule has 0 aliphatic heterocycles. The van der Waals surface area contributed by atoms with Gasteiger partial charge in [0, 0.05) is 37.3 Å². The van der Waals surface area contributed by atoms with E-state index >= 15 is 0 Å². The Morgan fingerprint density at radius 3 is 2.82 bits per heavy atom. The lowest BCUT2D eigenvalue weighted by atomic mass is 10.2. The van der Waals surface area contributed by atoms with Crippen LogP contribution in [0, 0.1) is 12.8 Å². The normalized spacial score (nSPS) is 14.6. The molecule has 1 aliphatic carbocycles. The van der Waals surface area contributed by atoms with E-state index in [2.05, 4.69) is 20.9 Å². The smallest absolute Gasteiger partial charge is 0.226 e. The van der Waals surface area contributed by atoms with Gasteiger partial charge in [0.25, 0.3) is 0 Å². The van der Waals surface area contributed by atoms with E-state index in [-0.39, 0.29) is 5.91 Å². The van der Waals surface area contributed by atoms with Crippen molar-refractivity contribution in [2.45, 2.75) is 26.2 Å². The number of nitrogens with zero attached hydrogens (tertiary/aromatic N) is 1. The molecule has 0 heterocycles. The second-order valence-corrected chi connectivity index (χ2v) is 5.94. The summed E-state index contributed by atoms with van der Waals surface area (Å²) in [6, 6.07) is 5.49. The number of hydrogen-bond donors (Lipinski definition) is 3. The van der Waals surface area contributed by atoms with Gasteiger partial charge in [0.2, 0.25) is 5.91 Å². The number of hydrogen-bond acceptors (Lipinski definition) is 2. The largest absolute Gasteiger partial charge is 0.356 e. The average Bonchev–Trinajstić information content (AvgIpc) is 3.31. The Hall–Kier alpha value is -1.75. The van der Waals surface area contributed by atoms with Crippen LogP contribution in [0.4, 0.5) is 5.69 Å². The van der Waals surface area contributed by atoms with Crippen molar-refractivity contribution in [3.63, 3.8) is 0 Å². The van der Waals surface area contributed by atoms with E-state index < -0.39 is 0 Å². The summed E-state index contributed by atoms with van der Waals surface area (Å²) in [6.07, 6.45) is 2.97. The van der Waals surface area contributed by atoms with Crippen molar-refractivity contribution in [1.82, 2.24) is 10.6 Å². The van der Waals surface area contributed by atoms with Gasteiger partial charge in [-0.15, -0.1) is 0 Å². The maximum absolute atomic E-state index is 12.0. The third-order valence-corrected chi connectivity index (χ3v) is 4.07. The van der Waals surface area contributed by atoms with Gasteiger partial charge in [0.15, 0.2) is 5.96 Å². The van der Waals surface area contributed by atoms with Crippen LogP contribution in [-0.4, -0.2) is 32.0 Å². The second-order valence-electron chi connectivity index (χ2n) is 5.53. The minimum absolute atomic E-state index is 0.0458. The Kier molecular flexibility index (Phi) is 6.07. The number of aliphatic imine (C=N–C) groups is 1. The molecule has 1 fully saturated rings. The van der Waals surface area contributed by atoms with Crippen molar-refractivity contribution in [2.24, 2.45) is 10.9 Å². The number of guanidine groups is 1. The van der Waals surface area contributed by atoms with Gasteiger partial charge in [0.1, 0.15) is 0 Å². The highest BCUT2D eigenvalue weighted by molar-refractivity contribution is 6.31. The van der Waals surface area contributed by atoms with E-state index in [1.54, 1.807) is 7.05 Å². The van der Waals surface area contributed by atoms with Crippen LogP contribution < -0.4 is 16.0 Å². The van der Waals surface area contributed by atoms with Crippen LogP contribution in [0.5, 0.6) is 0 Å². The van der Waals surface area contributed by atoms with Gasteiger partial charge in [-0.25, -0.2) is 0 Å². The molecule has 3 N–H and O–H groups in total. The maximum Gasteiger partial charge on any atom is 0.226 e. The van der Waals surface area contributed by atoms with Crippen LogP contribution in [-0.2, 0) is 4.79 Å². The Balaban J connectivity index is 1.71. The average molecular weight is 323 g/mol. The van der Waals surface area contributed by atoms with Crippen LogP contribution in [0.2, 0.25) is 5.02 Å². The molecule has 6 heteroatoms. The summed E-state index contributed by atoms with van der Waals surface area (Å²) in [5.74, 6) is 1.49. The quantitative estimate of drug-likeness (QED) is 0.557. The van der Waals surface area contributed by atoms with Crippen LogP contribution in [0.15, 0.2) is 23.2 Å². The van der Waals surface area contributed by atoms with E-state index in [1.165, 1.54) is 12.8 Å². The lowest BCUT2D eigenvalue weighted by Gasteiger charge is -2.12. The van der Waals surface area contributed by atoms with E-state index in [1.807, 2.05) is 25.1 Å². The number of carbonyl (C=O) groups excluding carboxylic acids is 1. The Morgan fingerprint density at radius 2 is 2.14 bits per heavy atom. The van der Waals surface area contributed by atoms with Gasteiger partial charge in [-0.05, 0) is 43.4 Å². The van der Waals surface area contributed by atoms with Gasteiger partial charge in [-0.3, -0.25) is 9.79 Å². The summed E-state index contributed by atoms with van der Waals surface area (Å²) < 4.78 is 0. The molecule has 1 amide bonds. The third kappa shape index (κ3) is 5.22. The zero-order chi connectivity index (χ0) is 15.9. The molecule has 0 aromatic heterocycles. The predicted molar refractivity (Wildman–Crippen MR) is 91.5 cm³/mol. The molecule has 5 nitrogen and oxygen atoms in total. The summed E-state index contributed by atoms with van der Waals surface area (Å²) in [7, 11) is 1.73. The molecule has 0 spiro atoms. The minimum Gasteiger partial charge on any atom is -0.356 e. The first-order chi connectivity index (χ1) is 10.6. The zero-order valence-corrected chi connectivity index (χ0v) is 13.8. The van der Waals surface area contributed by atoms with E-state index in [9.17, 15) is 4.79 Å². The lowest BCUT2D eigenvalue weighted by Crippen LogP contribution is -2.39. The monoisotopic (exact) mass is 322 g/mol. The molecule has 0 unspecified atom stereocenters. The van der Waals surface area contributed by atoms with Gasteiger partial charge in [-0.1, -0.05) is 17.7 Å². The fourth-order valence-electron chi connectivity index (χ4n) is 2.03.